The molecule has 4 unspecified atom stereocenters. The highest BCUT2D eigenvalue weighted by Crippen LogP contribution is 2.47. The molecule has 0 aromatic carbocycles. The lowest BCUT2D eigenvalue weighted by Crippen LogP contribution is -2.43. The van der Waals surface area contributed by atoms with E-state index in [1.54, 1.807) is 0 Å². The smallest absolute Gasteiger partial charge is 0.326 e. The van der Waals surface area contributed by atoms with E-state index in [-0.39, 0.29) is 30.1 Å². The van der Waals surface area contributed by atoms with Gasteiger partial charge in [0.2, 0.25) is 5.91 Å². The molecule has 0 bridgehead atoms. The fourth-order valence-electron chi connectivity index (χ4n) is 3.59. The minimum Gasteiger partial charge on any atom is -0.481 e. The normalized spacial score (nSPS) is 34.4. The molecule has 18 heavy (non-hydrogen) atoms. The fourth-order valence-corrected chi connectivity index (χ4v) is 3.59. The Labute approximate surface area is 105 Å². The molecular weight excluding hydrogens is 238 g/mol. The van der Waals surface area contributed by atoms with Crippen molar-refractivity contribution in [1.82, 2.24) is 4.90 Å². The van der Waals surface area contributed by atoms with Gasteiger partial charge in [0.1, 0.15) is 6.04 Å². The third-order valence-electron chi connectivity index (χ3n) is 4.22. The van der Waals surface area contributed by atoms with Crippen molar-refractivity contribution in [2.45, 2.75) is 32.2 Å². The van der Waals surface area contributed by atoms with Gasteiger partial charge in [-0.25, -0.2) is 4.79 Å². The number of carboxylic acids is 2. The zero-order valence-corrected chi connectivity index (χ0v) is 10.2. The van der Waals surface area contributed by atoms with Crippen LogP contribution in [-0.4, -0.2) is 45.5 Å². The molecule has 6 heteroatoms. The topological polar surface area (TPSA) is 94.9 Å². The monoisotopic (exact) mass is 255 g/mol. The van der Waals surface area contributed by atoms with E-state index in [4.69, 9.17) is 5.11 Å². The number of rotatable bonds is 3. The molecule has 6 nitrogen and oxygen atoms in total. The quantitative estimate of drug-likeness (QED) is 0.762. The molecule has 2 aliphatic rings. The van der Waals surface area contributed by atoms with Crippen LogP contribution in [0, 0.1) is 17.8 Å². The Hall–Kier alpha value is -1.59. The van der Waals surface area contributed by atoms with Gasteiger partial charge >= 0.3 is 11.9 Å². The van der Waals surface area contributed by atoms with Crippen LogP contribution in [0.1, 0.15) is 26.2 Å². The summed E-state index contributed by atoms with van der Waals surface area (Å²) < 4.78 is 0. The molecule has 0 aromatic rings. The maximum Gasteiger partial charge on any atom is 0.326 e. The second-order valence-corrected chi connectivity index (χ2v) is 5.23. The van der Waals surface area contributed by atoms with Crippen molar-refractivity contribution < 1.29 is 24.6 Å². The SMILES string of the molecule is CC(=O)N1CC2CCC(CC(=O)O)C2C1C(=O)O. The predicted octanol–water partition coefficient (Wildman–Crippen LogP) is 0.419. The van der Waals surface area contributed by atoms with Gasteiger partial charge < -0.3 is 15.1 Å². The van der Waals surface area contributed by atoms with E-state index in [2.05, 4.69) is 0 Å². The van der Waals surface area contributed by atoms with Crippen LogP contribution < -0.4 is 0 Å². The molecule has 2 fully saturated rings. The molecular formula is C12H17NO5. The van der Waals surface area contributed by atoms with Gasteiger partial charge in [-0.3, -0.25) is 9.59 Å². The van der Waals surface area contributed by atoms with Gasteiger partial charge in [-0.2, -0.15) is 0 Å². The van der Waals surface area contributed by atoms with Crippen molar-refractivity contribution in [2.24, 2.45) is 17.8 Å². The highest BCUT2D eigenvalue weighted by Gasteiger charge is 2.53. The van der Waals surface area contributed by atoms with E-state index in [1.807, 2.05) is 0 Å². The molecule has 2 rings (SSSR count). The van der Waals surface area contributed by atoms with Crippen molar-refractivity contribution in [3.63, 3.8) is 0 Å². The molecule has 1 aliphatic heterocycles. The highest BCUT2D eigenvalue weighted by molar-refractivity contribution is 5.83. The van der Waals surface area contributed by atoms with Gasteiger partial charge in [-0.05, 0) is 30.6 Å². The average molecular weight is 255 g/mol. The van der Waals surface area contributed by atoms with Gasteiger partial charge in [0.15, 0.2) is 0 Å². The maximum atomic E-state index is 11.5. The first-order valence-electron chi connectivity index (χ1n) is 6.13. The van der Waals surface area contributed by atoms with Gasteiger partial charge in [0, 0.05) is 19.9 Å². The largest absolute Gasteiger partial charge is 0.481 e. The number of likely N-dealkylation sites (tertiary alicyclic amines) is 1. The van der Waals surface area contributed by atoms with Crippen molar-refractivity contribution in [2.75, 3.05) is 6.54 Å². The Kier molecular flexibility index (Phi) is 3.28. The number of carbonyl (C=O) groups excluding carboxylic acids is 1. The Morgan fingerprint density at radius 3 is 2.39 bits per heavy atom. The third kappa shape index (κ3) is 2.07. The van der Waals surface area contributed by atoms with Crippen LogP contribution in [0.3, 0.4) is 0 Å². The zero-order chi connectivity index (χ0) is 13.4. The summed E-state index contributed by atoms with van der Waals surface area (Å²) in [6.45, 7) is 1.82. The number of carboxylic acid groups (broad SMARTS) is 2. The summed E-state index contributed by atoms with van der Waals surface area (Å²) in [7, 11) is 0. The van der Waals surface area contributed by atoms with E-state index < -0.39 is 18.0 Å². The van der Waals surface area contributed by atoms with E-state index in [1.165, 1.54) is 11.8 Å². The predicted molar refractivity (Wildman–Crippen MR) is 60.8 cm³/mol. The molecule has 1 amide bonds. The van der Waals surface area contributed by atoms with Gasteiger partial charge in [0.25, 0.3) is 0 Å². The van der Waals surface area contributed by atoms with E-state index in [9.17, 15) is 19.5 Å². The molecule has 0 radical (unpaired) electrons. The molecule has 1 saturated heterocycles. The molecule has 1 aliphatic carbocycles. The Morgan fingerprint density at radius 1 is 1.22 bits per heavy atom. The van der Waals surface area contributed by atoms with Gasteiger partial charge in [-0.15, -0.1) is 0 Å². The number of hydrogen-bond acceptors (Lipinski definition) is 3. The molecule has 1 saturated carbocycles. The van der Waals surface area contributed by atoms with E-state index in [0.717, 1.165) is 12.8 Å². The summed E-state index contributed by atoms with van der Waals surface area (Å²) in [4.78, 5) is 35.0. The van der Waals surface area contributed by atoms with Crippen molar-refractivity contribution >= 4 is 17.8 Å². The summed E-state index contributed by atoms with van der Waals surface area (Å²) in [5.41, 5.74) is 0. The minimum absolute atomic E-state index is 0.00328. The molecule has 4 atom stereocenters. The first-order chi connectivity index (χ1) is 8.41. The minimum atomic E-state index is -1.02. The van der Waals surface area contributed by atoms with Crippen LogP contribution in [0.2, 0.25) is 0 Å². The molecule has 0 aromatic heterocycles. The van der Waals surface area contributed by atoms with Crippen LogP contribution in [0.15, 0.2) is 0 Å². The van der Waals surface area contributed by atoms with Crippen LogP contribution >= 0.6 is 0 Å². The first kappa shape index (κ1) is 12.9. The number of nitrogens with zero attached hydrogens (tertiary/aromatic N) is 1. The molecule has 0 spiro atoms. The lowest BCUT2D eigenvalue weighted by atomic mass is 9.84. The zero-order valence-electron chi connectivity index (χ0n) is 10.2. The maximum absolute atomic E-state index is 11.5. The van der Waals surface area contributed by atoms with Crippen LogP contribution in [0.25, 0.3) is 0 Å². The molecule has 2 N–H and O–H groups in total. The van der Waals surface area contributed by atoms with Crippen molar-refractivity contribution in [1.29, 1.82) is 0 Å². The fraction of sp³-hybridized carbons (Fsp3) is 0.750. The molecule has 1 heterocycles. The number of amides is 1. The molecule has 100 valence electrons. The van der Waals surface area contributed by atoms with E-state index in [0.29, 0.717) is 6.54 Å². The lowest BCUT2D eigenvalue weighted by Gasteiger charge is -2.26. The highest BCUT2D eigenvalue weighted by atomic mass is 16.4. The van der Waals surface area contributed by atoms with Crippen molar-refractivity contribution in [3.05, 3.63) is 0 Å². The van der Waals surface area contributed by atoms with Crippen LogP contribution in [0.4, 0.5) is 0 Å². The van der Waals surface area contributed by atoms with E-state index >= 15 is 0 Å². The summed E-state index contributed by atoms with van der Waals surface area (Å²) in [5, 5.41) is 18.2. The number of carbonyl (C=O) groups is 3. The summed E-state index contributed by atoms with van der Waals surface area (Å²) in [6.07, 6.45) is 1.56. The van der Waals surface area contributed by atoms with Crippen molar-refractivity contribution in [3.8, 4) is 0 Å². The lowest BCUT2D eigenvalue weighted by molar-refractivity contribution is -0.150. The second kappa shape index (κ2) is 4.59. The van der Waals surface area contributed by atoms with Gasteiger partial charge in [-0.1, -0.05) is 0 Å². The summed E-state index contributed by atoms with van der Waals surface area (Å²) >= 11 is 0. The third-order valence-corrected chi connectivity index (χ3v) is 4.22. The standard InChI is InChI=1S/C12H17NO5/c1-6(14)13-5-8-3-2-7(4-9(15)16)10(8)11(13)12(17)18/h7-8,10-11H,2-5H2,1H3,(H,15,16)(H,17,18). The Morgan fingerprint density at radius 2 is 1.89 bits per heavy atom. The first-order valence-corrected chi connectivity index (χ1v) is 6.13. The Balaban J connectivity index is 2.22. The number of aliphatic carboxylic acids is 2. The number of hydrogen-bond donors (Lipinski definition) is 2. The number of fused-ring (bicyclic) bond motifs is 1. The average Bonchev–Trinajstić information content (AvgIpc) is 2.77. The summed E-state index contributed by atoms with van der Waals surface area (Å²) in [6, 6.07) is -0.848. The van der Waals surface area contributed by atoms with Crippen LogP contribution in [0.5, 0.6) is 0 Å². The van der Waals surface area contributed by atoms with Crippen LogP contribution in [-0.2, 0) is 14.4 Å². The second-order valence-electron chi connectivity index (χ2n) is 5.23. The van der Waals surface area contributed by atoms with Gasteiger partial charge in [0.05, 0.1) is 0 Å². The Bertz CT molecular complexity index is 394. The summed E-state index contributed by atoms with van der Waals surface area (Å²) in [5.74, 6) is -2.35.